The molecule has 0 atom stereocenters. The summed E-state index contributed by atoms with van der Waals surface area (Å²) in [5.74, 6) is -1.19. The van der Waals surface area contributed by atoms with Gasteiger partial charge in [-0.1, -0.05) is 11.6 Å². The molecule has 0 aliphatic carbocycles. The molecule has 13 heteroatoms. The maximum absolute atomic E-state index is 12.8. The number of benzene rings is 1. The zero-order valence-electron chi connectivity index (χ0n) is 17.9. The molecule has 1 fully saturated rings. The largest absolute Gasteiger partial charge is 0.450 e. The third kappa shape index (κ3) is 4.82. The Morgan fingerprint density at radius 3 is 2.39 bits per heavy atom. The van der Waals surface area contributed by atoms with E-state index in [4.69, 9.17) is 16.3 Å². The summed E-state index contributed by atoms with van der Waals surface area (Å²) >= 11 is 5.83. The molecule has 0 spiro atoms. The number of carbonyl (C=O) groups excluding carboxylic acids is 2. The number of aromatic nitrogens is 4. The first-order valence-corrected chi connectivity index (χ1v) is 11.9. The standard InChI is InChI=1S/C20H21ClN6O5S/c1-13-11-14(2)27-20(22-13)23-18(24-27)19(29)32-12-17(28)25-7-9-26(10-8-25)33(30,31)16-5-3-15(21)4-6-16/h3-6,11H,7-10,12H2,1-2H3. The molecule has 33 heavy (non-hydrogen) atoms. The van der Waals surface area contributed by atoms with Crippen LogP contribution in [-0.4, -0.2) is 81.9 Å². The van der Waals surface area contributed by atoms with Crippen molar-refractivity contribution in [2.24, 2.45) is 0 Å². The average Bonchev–Trinajstić information content (AvgIpc) is 3.22. The van der Waals surface area contributed by atoms with Gasteiger partial charge in [-0.05, 0) is 44.2 Å². The summed E-state index contributed by atoms with van der Waals surface area (Å²) < 4.78 is 33.3. The van der Waals surface area contributed by atoms with Gasteiger partial charge in [-0.15, -0.1) is 5.10 Å². The molecule has 3 aromatic rings. The average molecular weight is 493 g/mol. The molecule has 1 aliphatic heterocycles. The Morgan fingerprint density at radius 1 is 1.06 bits per heavy atom. The molecule has 0 N–H and O–H groups in total. The van der Waals surface area contributed by atoms with Gasteiger partial charge in [-0.2, -0.15) is 9.29 Å². The maximum Gasteiger partial charge on any atom is 0.378 e. The highest BCUT2D eigenvalue weighted by molar-refractivity contribution is 7.89. The van der Waals surface area contributed by atoms with Crippen molar-refractivity contribution in [3.63, 3.8) is 0 Å². The van der Waals surface area contributed by atoms with Crippen molar-refractivity contribution in [1.29, 1.82) is 0 Å². The van der Waals surface area contributed by atoms with Crippen LogP contribution in [0.25, 0.3) is 5.78 Å². The highest BCUT2D eigenvalue weighted by Gasteiger charge is 2.30. The molecule has 11 nitrogen and oxygen atoms in total. The van der Waals surface area contributed by atoms with Crippen LogP contribution in [0.1, 0.15) is 22.0 Å². The first-order chi connectivity index (χ1) is 15.6. The number of sulfonamides is 1. The van der Waals surface area contributed by atoms with Gasteiger partial charge < -0.3 is 9.64 Å². The van der Waals surface area contributed by atoms with E-state index in [0.717, 1.165) is 11.4 Å². The molecule has 2 aromatic heterocycles. The van der Waals surface area contributed by atoms with Crippen molar-refractivity contribution in [1.82, 2.24) is 28.8 Å². The van der Waals surface area contributed by atoms with Crippen molar-refractivity contribution in [2.45, 2.75) is 18.7 Å². The molecule has 0 bridgehead atoms. The van der Waals surface area contributed by atoms with Crippen LogP contribution >= 0.6 is 11.6 Å². The number of halogens is 1. The van der Waals surface area contributed by atoms with Crippen LogP contribution in [0.4, 0.5) is 0 Å². The number of rotatable bonds is 5. The van der Waals surface area contributed by atoms with Gasteiger partial charge in [0.25, 0.3) is 17.5 Å². The van der Waals surface area contributed by atoms with Gasteiger partial charge in [0, 0.05) is 42.6 Å². The van der Waals surface area contributed by atoms with Gasteiger partial charge in [0.2, 0.25) is 10.0 Å². The van der Waals surface area contributed by atoms with Gasteiger partial charge in [-0.3, -0.25) is 4.79 Å². The second kappa shape index (κ2) is 9.04. The molecule has 1 saturated heterocycles. The summed E-state index contributed by atoms with van der Waals surface area (Å²) in [5, 5.41) is 4.52. The predicted molar refractivity (Wildman–Crippen MR) is 117 cm³/mol. The number of piperazine rings is 1. The fraction of sp³-hybridized carbons (Fsp3) is 0.350. The van der Waals surface area contributed by atoms with Crippen LogP contribution in [0.3, 0.4) is 0 Å². The number of nitrogens with zero attached hydrogens (tertiary/aromatic N) is 6. The van der Waals surface area contributed by atoms with Crippen LogP contribution in [0.5, 0.6) is 0 Å². The summed E-state index contributed by atoms with van der Waals surface area (Å²) in [5.41, 5.74) is 1.49. The van der Waals surface area contributed by atoms with Gasteiger partial charge in [0.05, 0.1) is 4.90 Å². The normalized spacial score (nSPS) is 15.1. The number of aryl methyl sites for hydroxylation is 2. The maximum atomic E-state index is 12.8. The lowest BCUT2D eigenvalue weighted by Crippen LogP contribution is -2.51. The highest BCUT2D eigenvalue weighted by Crippen LogP contribution is 2.20. The molecule has 0 radical (unpaired) electrons. The lowest BCUT2D eigenvalue weighted by molar-refractivity contribution is -0.135. The number of hydrogen-bond acceptors (Lipinski definition) is 8. The van der Waals surface area contributed by atoms with E-state index < -0.39 is 28.5 Å². The highest BCUT2D eigenvalue weighted by atomic mass is 35.5. The van der Waals surface area contributed by atoms with E-state index in [1.807, 2.05) is 6.92 Å². The smallest absolute Gasteiger partial charge is 0.378 e. The Morgan fingerprint density at radius 2 is 1.73 bits per heavy atom. The molecule has 0 saturated carbocycles. The Kier molecular flexibility index (Phi) is 6.32. The summed E-state index contributed by atoms with van der Waals surface area (Å²) in [7, 11) is -3.68. The van der Waals surface area contributed by atoms with E-state index in [1.54, 1.807) is 13.0 Å². The van der Waals surface area contributed by atoms with Crippen molar-refractivity contribution >= 4 is 39.3 Å². The minimum Gasteiger partial charge on any atom is -0.450 e. The zero-order chi connectivity index (χ0) is 23.8. The predicted octanol–water partition coefficient (Wildman–Crippen LogP) is 1.08. The van der Waals surface area contributed by atoms with Gasteiger partial charge in [-0.25, -0.2) is 22.7 Å². The topological polar surface area (TPSA) is 127 Å². The van der Waals surface area contributed by atoms with E-state index in [9.17, 15) is 18.0 Å². The lowest BCUT2D eigenvalue weighted by Gasteiger charge is -2.33. The van der Waals surface area contributed by atoms with Crippen LogP contribution in [0, 0.1) is 13.8 Å². The third-order valence-corrected chi connectivity index (χ3v) is 7.34. The van der Waals surface area contributed by atoms with E-state index in [-0.39, 0.29) is 42.7 Å². The summed E-state index contributed by atoms with van der Waals surface area (Å²) in [6.07, 6.45) is 0. The zero-order valence-corrected chi connectivity index (χ0v) is 19.5. The summed E-state index contributed by atoms with van der Waals surface area (Å²) in [6.45, 7) is 3.73. The van der Waals surface area contributed by atoms with Gasteiger partial charge in [0.15, 0.2) is 6.61 Å². The first kappa shape index (κ1) is 23.1. The monoisotopic (exact) mass is 492 g/mol. The van der Waals surface area contributed by atoms with Gasteiger partial charge >= 0.3 is 5.97 Å². The Bertz CT molecular complexity index is 1320. The van der Waals surface area contributed by atoms with Crippen LogP contribution in [-0.2, 0) is 19.6 Å². The quantitative estimate of drug-likeness (QED) is 0.484. The second-order valence-electron chi connectivity index (χ2n) is 7.50. The number of amides is 1. The second-order valence-corrected chi connectivity index (χ2v) is 9.88. The fourth-order valence-corrected chi connectivity index (χ4v) is 5.02. The Balaban J connectivity index is 1.32. The van der Waals surface area contributed by atoms with Crippen molar-refractivity contribution in [2.75, 3.05) is 32.8 Å². The molecule has 1 aliphatic rings. The van der Waals surface area contributed by atoms with Crippen LogP contribution in [0.2, 0.25) is 5.02 Å². The first-order valence-electron chi connectivity index (χ1n) is 10.1. The van der Waals surface area contributed by atoms with E-state index >= 15 is 0 Å². The van der Waals surface area contributed by atoms with Crippen LogP contribution in [0.15, 0.2) is 35.2 Å². The Hall–Kier alpha value is -3.09. The minimum absolute atomic E-state index is 0.128. The molecule has 4 rings (SSSR count). The third-order valence-electron chi connectivity index (χ3n) is 5.17. The number of esters is 1. The number of ether oxygens (including phenoxy) is 1. The molecule has 174 valence electrons. The van der Waals surface area contributed by atoms with Crippen molar-refractivity contribution in [3.8, 4) is 0 Å². The summed E-state index contributed by atoms with van der Waals surface area (Å²) in [6, 6.07) is 7.71. The minimum atomic E-state index is -3.68. The van der Waals surface area contributed by atoms with E-state index in [0.29, 0.717) is 5.02 Å². The molecule has 1 amide bonds. The van der Waals surface area contributed by atoms with Crippen molar-refractivity contribution in [3.05, 3.63) is 52.6 Å². The lowest BCUT2D eigenvalue weighted by atomic mass is 10.3. The van der Waals surface area contributed by atoms with Crippen LogP contribution < -0.4 is 0 Å². The van der Waals surface area contributed by atoms with Gasteiger partial charge in [0.1, 0.15) is 0 Å². The number of fused-ring (bicyclic) bond motifs is 1. The molecule has 3 heterocycles. The molecule has 1 aromatic carbocycles. The SMILES string of the molecule is Cc1cc(C)n2nc(C(=O)OCC(=O)N3CCN(S(=O)(=O)c4ccc(Cl)cc4)CC3)nc2n1. The van der Waals surface area contributed by atoms with E-state index in [2.05, 4.69) is 15.1 Å². The number of hydrogen-bond donors (Lipinski definition) is 0. The molecular weight excluding hydrogens is 472 g/mol. The fourth-order valence-electron chi connectivity index (χ4n) is 3.47. The Labute approximate surface area is 195 Å². The molecular formula is C20H21ClN6O5S. The van der Waals surface area contributed by atoms with E-state index in [1.165, 1.54) is 38.0 Å². The number of carbonyl (C=O) groups is 2. The summed E-state index contributed by atoms with van der Waals surface area (Å²) in [4.78, 5) is 34.6. The molecule has 0 unspecified atom stereocenters. The van der Waals surface area contributed by atoms with Crippen molar-refractivity contribution < 1.29 is 22.7 Å².